The first-order valence-corrected chi connectivity index (χ1v) is 10.2. The second-order valence-corrected chi connectivity index (χ2v) is 7.56. The number of hydrogen-bond acceptors (Lipinski definition) is 6. The zero-order valence-electron chi connectivity index (χ0n) is 17.6. The first kappa shape index (κ1) is 19.8. The lowest BCUT2D eigenvalue weighted by Gasteiger charge is -2.14. The van der Waals surface area contributed by atoms with E-state index >= 15 is 0 Å². The Morgan fingerprint density at radius 1 is 1.19 bits per heavy atom. The smallest absolute Gasteiger partial charge is 0.267 e. The molecule has 4 aromatic rings. The van der Waals surface area contributed by atoms with E-state index in [1.807, 2.05) is 32.0 Å². The van der Waals surface area contributed by atoms with E-state index in [0.29, 0.717) is 34.7 Å². The van der Waals surface area contributed by atoms with Crippen LogP contribution in [0.5, 0.6) is 11.5 Å². The maximum atomic E-state index is 13.2. The molecular formula is C23H21N5O4. The topological polar surface area (TPSA) is 111 Å². The highest BCUT2D eigenvalue weighted by atomic mass is 16.7. The summed E-state index contributed by atoms with van der Waals surface area (Å²) in [5, 5.41) is 11.7. The number of carbonyl (C=O) groups is 1. The van der Waals surface area contributed by atoms with E-state index in [2.05, 4.69) is 10.3 Å². The predicted molar refractivity (Wildman–Crippen MR) is 117 cm³/mol. The van der Waals surface area contributed by atoms with Crippen LogP contribution >= 0.6 is 0 Å². The molecule has 1 aliphatic heterocycles. The van der Waals surface area contributed by atoms with Crippen molar-refractivity contribution in [2.45, 2.75) is 26.9 Å². The van der Waals surface area contributed by atoms with Crippen molar-refractivity contribution in [3.05, 3.63) is 75.1 Å². The number of rotatable bonds is 4. The Bertz CT molecular complexity index is 1520. The average molecular weight is 431 g/mol. The second kappa shape index (κ2) is 7.52. The lowest BCUT2D eigenvalue weighted by molar-refractivity contribution is 0.0948. The summed E-state index contributed by atoms with van der Waals surface area (Å²) in [6.45, 7) is 4.55. The number of nitrogens with one attached hydrogen (secondary N) is 2. The molecule has 162 valence electrons. The normalized spacial score (nSPS) is 12.4. The average Bonchev–Trinajstić information content (AvgIpc) is 3.26. The summed E-state index contributed by atoms with van der Waals surface area (Å²) in [6, 6.07) is 10.6. The number of amides is 1. The fourth-order valence-corrected chi connectivity index (χ4v) is 3.91. The third-order valence-corrected chi connectivity index (χ3v) is 5.58. The summed E-state index contributed by atoms with van der Waals surface area (Å²) in [5.74, 6) is 0.863. The zero-order chi connectivity index (χ0) is 22.4. The van der Waals surface area contributed by atoms with Crippen molar-refractivity contribution >= 4 is 22.6 Å². The van der Waals surface area contributed by atoms with Gasteiger partial charge in [0.1, 0.15) is 16.8 Å². The molecule has 0 fully saturated rings. The molecule has 9 nitrogen and oxygen atoms in total. The molecule has 1 aromatic carbocycles. The van der Waals surface area contributed by atoms with Gasteiger partial charge in [0, 0.05) is 19.3 Å². The van der Waals surface area contributed by atoms with Crippen molar-refractivity contribution in [3.63, 3.8) is 0 Å². The summed E-state index contributed by atoms with van der Waals surface area (Å²) in [6.07, 6.45) is 1.65. The van der Waals surface area contributed by atoms with Crippen molar-refractivity contribution in [1.29, 1.82) is 5.41 Å². The van der Waals surface area contributed by atoms with Crippen LogP contribution in [-0.4, -0.2) is 26.7 Å². The van der Waals surface area contributed by atoms with Crippen LogP contribution in [0.4, 0.5) is 0 Å². The van der Waals surface area contributed by atoms with Crippen molar-refractivity contribution in [2.24, 2.45) is 0 Å². The van der Waals surface area contributed by atoms with Crippen LogP contribution in [0.3, 0.4) is 0 Å². The van der Waals surface area contributed by atoms with Gasteiger partial charge in [0.25, 0.3) is 11.5 Å². The fourth-order valence-electron chi connectivity index (χ4n) is 3.91. The summed E-state index contributed by atoms with van der Waals surface area (Å²) in [7, 11) is 0. The van der Waals surface area contributed by atoms with Crippen LogP contribution in [0.25, 0.3) is 16.7 Å². The van der Waals surface area contributed by atoms with Crippen LogP contribution < -0.4 is 25.8 Å². The molecule has 0 unspecified atom stereocenters. The molecule has 3 aromatic heterocycles. The summed E-state index contributed by atoms with van der Waals surface area (Å²) < 4.78 is 13.7. The van der Waals surface area contributed by atoms with Crippen molar-refractivity contribution < 1.29 is 14.3 Å². The minimum Gasteiger partial charge on any atom is -0.454 e. The number of aromatic nitrogens is 3. The van der Waals surface area contributed by atoms with Gasteiger partial charge < -0.3 is 19.4 Å². The number of benzene rings is 1. The van der Waals surface area contributed by atoms with Crippen LogP contribution in [-0.2, 0) is 13.1 Å². The lowest BCUT2D eigenvalue weighted by Crippen LogP contribution is -2.34. The highest BCUT2D eigenvalue weighted by molar-refractivity contribution is 5.96. The van der Waals surface area contributed by atoms with E-state index in [1.54, 1.807) is 22.9 Å². The van der Waals surface area contributed by atoms with Gasteiger partial charge in [-0.15, -0.1) is 0 Å². The fraction of sp³-hybridized carbons (Fsp3) is 0.217. The minimum atomic E-state index is -0.439. The van der Waals surface area contributed by atoms with Crippen molar-refractivity contribution in [1.82, 2.24) is 19.3 Å². The summed E-state index contributed by atoms with van der Waals surface area (Å²) >= 11 is 0. The van der Waals surface area contributed by atoms with Gasteiger partial charge in [0.2, 0.25) is 6.79 Å². The van der Waals surface area contributed by atoms with Gasteiger partial charge in [-0.3, -0.25) is 19.4 Å². The van der Waals surface area contributed by atoms with E-state index in [-0.39, 0.29) is 29.9 Å². The molecule has 0 aliphatic carbocycles. The van der Waals surface area contributed by atoms with Gasteiger partial charge in [0.05, 0.1) is 10.9 Å². The van der Waals surface area contributed by atoms with Crippen LogP contribution in [0, 0.1) is 12.3 Å². The maximum absolute atomic E-state index is 13.2. The monoisotopic (exact) mass is 431 g/mol. The zero-order valence-corrected chi connectivity index (χ0v) is 17.6. The SMILES string of the molecule is CCn1c(=N)c(C(=O)NCc2ccc3c(c2)OCO3)cc2c(=O)n3cccc(C)c3nc21. The van der Waals surface area contributed by atoms with Gasteiger partial charge in [-0.2, -0.15) is 0 Å². The molecule has 0 bridgehead atoms. The highest BCUT2D eigenvalue weighted by Gasteiger charge is 2.18. The van der Waals surface area contributed by atoms with Gasteiger partial charge >= 0.3 is 0 Å². The Hall–Kier alpha value is -4.14. The van der Waals surface area contributed by atoms with E-state index in [9.17, 15) is 9.59 Å². The molecular weight excluding hydrogens is 410 g/mol. The number of pyridine rings is 2. The van der Waals surface area contributed by atoms with Crippen LogP contribution in [0.15, 0.2) is 47.4 Å². The van der Waals surface area contributed by atoms with Gasteiger partial charge in [-0.1, -0.05) is 12.1 Å². The molecule has 0 atom stereocenters. The van der Waals surface area contributed by atoms with Crippen LogP contribution in [0.2, 0.25) is 0 Å². The first-order chi connectivity index (χ1) is 15.5. The van der Waals surface area contributed by atoms with E-state index in [0.717, 1.165) is 11.1 Å². The number of aryl methyl sites for hydroxylation is 2. The number of ether oxygens (including phenoxy) is 2. The van der Waals surface area contributed by atoms with Gasteiger partial charge in [-0.05, 0) is 49.2 Å². The third kappa shape index (κ3) is 3.09. The number of fused-ring (bicyclic) bond motifs is 3. The summed E-state index contributed by atoms with van der Waals surface area (Å²) in [4.78, 5) is 30.8. The number of carbonyl (C=O) groups excluding carboxylic acids is 1. The molecule has 0 saturated carbocycles. The molecule has 0 radical (unpaired) electrons. The standard InChI is InChI=1S/C23H21N5O4/c1-3-27-19(24)15(22(29)25-11-14-6-7-17-18(9-14)32-12-31-17)10-16-21(27)26-20-13(2)5-4-8-28(20)23(16)30/h4-10,24H,3,11-12H2,1-2H3,(H,25,29). The Labute approximate surface area is 182 Å². The quantitative estimate of drug-likeness (QED) is 0.481. The third-order valence-electron chi connectivity index (χ3n) is 5.58. The molecule has 2 N–H and O–H groups in total. The molecule has 32 heavy (non-hydrogen) atoms. The van der Waals surface area contributed by atoms with E-state index < -0.39 is 5.91 Å². The Balaban J connectivity index is 1.56. The van der Waals surface area contributed by atoms with E-state index in [4.69, 9.17) is 14.9 Å². The molecule has 0 saturated heterocycles. The summed E-state index contributed by atoms with van der Waals surface area (Å²) in [5.41, 5.74) is 2.46. The first-order valence-electron chi connectivity index (χ1n) is 10.2. The van der Waals surface area contributed by atoms with Gasteiger partial charge in [0.15, 0.2) is 11.5 Å². The van der Waals surface area contributed by atoms with Crippen molar-refractivity contribution in [2.75, 3.05) is 6.79 Å². The molecule has 1 aliphatic rings. The molecule has 1 amide bonds. The molecule has 5 rings (SSSR count). The number of nitrogens with zero attached hydrogens (tertiary/aromatic N) is 3. The maximum Gasteiger partial charge on any atom is 0.267 e. The van der Waals surface area contributed by atoms with Crippen molar-refractivity contribution in [3.8, 4) is 11.5 Å². The van der Waals surface area contributed by atoms with E-state index in [1.165, 1.54) is 10.5 Å². The second-order valence-electron chi connectivity index (χ2n) is 7.56. The molecule has 9 heteroatoms. The Morgan fingerprint density at radius 3 is 2.81 bits per heavy atom. The number of hydrogen-bond donors (Lipinski definition) is 2. The highest BCUT2D eigenvalue weighted by Crippen LogP contribution is 2.32. The predicted octanol–water partition coefficient (Wildman–Crippen LogP) is 2.12. The molecule has 0 spiro atoms. The lowest BCUT2D eigenvalue weighted by atomic mass is 10.1. The minimum absolute atomic E-state index is 0.00743. The van der Waals surface area contributed by atoms with Gasteiger partial charge in [-0.25, -0.2) is 4.98 Å². The Kier molecular flexibility index (Phi) is 4.66. The van der Waals surface area contributed by atoms with Crippen LogP contribution in [0.1, 0.15) is 28.4 Å². The Morgan fingerprint density at radius 2 is 2.00 bits per heavy atom. The largest absolute Gasteiger partial charge is 0.454 e. The molecule has 4 heterocycles.